The van der Waals surface area contributed by atoms with E-state index in [1.807, 2.05) is 36.4 Å². The van der Waals surface area contributed by atoms with Crippen LogP contribution in [0.5, 0.6) is 0 Å². The van der Waals surface area contributed by atoms with Crippen LogP contribution < -0.4 is 10.4 Å². The Labute approximate surface area is 230 Å². The van der Waals surface area contributed by atoms with Crippen LogP contribution in [0.3, 0.4) is 0 Å². The van der Waals surface area contributed by atoms with Crippen molar-refractivity contribution in [3.63, 3.8) is 0 Å². The Morgan fingerprint density at radius 2 is 1.33 bits per heavy atom. The fourth-order valence-corrected chi connectivity index (χ4v) is 9.79. The van der Waals surface area contributed by atoms with Gasteiger partial charge in [-0.15, -0.1) is 0 Å². The van der Waals surface area contributed by atoms with Gasteiger partial charge in [0, 0.05) is 37.5 Å². The number of para-hydroxylation sites is 1. The number of carbonyl (C=O) groups excluding carboxylic acids is 3. The van der Waals surface area contributed by atoms with Crippen LogP contribution >= 0.6 is 0 Å². The molecule has 0 saturated heterocycles. The highest BCUT2D eigenvalue weighted by Gasteiger charge is 2.50. The molecule has 0 bridgehead atoms. The molecule has 39 heavy (non-hydrogen) atoms. The molecular formula is C32H35NO5Si. The van der Waals surface area contributed by atoms with Crippen LogP contribution in [0.4, 0.5) is 0 Å². The first kappa shape index (κ1) is 28.2. The Kier molecular flexibility index (Phi) is 8.62. The molecule has 3 aromatic carbocycles. The minimum Gasteiger partial charge on any atom is -0.465 e. The largest absolute Gasteiger partial charge is 0.465 e. The molecule has 0 amide bonds. The zero-order chi connectivity index (χ0) is 28.0. The summed E-state index contributed by atoms with van der Waals surface area (Å²) in [7, 11) is -1.41. The van der Waals surface area contributed by atoms with E-state index in [1.165, 1.54) is 17.9 Å². The smallest absolute Gasteiger partial charge is 0.340 e. The summed E-state index contributed by atoms with van der Waals surface area (Å²) in [5, 5.41) is 2.78. The highest BCUT2D eigenvalue weighted by atomic mass is 28.4. The van der Waals surface area contributed by atoms with Crippen molar-refractivity contribution in [1.29, 1.82) is 0 Å². The maximum absolute atomic E-state index is 13.1. The number of carbonyl (C=O) groups is 3. The van der Waals surface area contributed by atoms with E-state index in [-0.39, 0.29) is 42.6 Å². The van der Waals surface area contributed by atoms with E-state index in [9.17, 15) is 14.4 Å². The average Bonchev–Trinajstić information content (AvgIpc) is 3.34. The molecule has 6 nitrogen and oxygen atoms in total. The van der Waals surface area contributed by atoms with Gasteiger partial charge >= 0.3 is 5.97 Å². The Morgan fingerprint density at radius 1 is 0.769 bits per heavy atom. The predicted octanol–water partition coefficient (Wildman–Crippen LogP) is 5.38. The van der Waals surface area contributed by atoms with Gasteiger partial charge in [-0.25, -0.2) is 4.79 Å². The SMILES string of the molecule is COC(=O)c1cn(C(=O)CCC(=O)CCO[Si](c2ccccc2)(c2ccccc2)C(C)(C)C)c2ccccc12. The average molecular weight is 542 g/mol. The number of methoxy groups -OCH3 is 1. The van der Waals surface area contributed by atoms with E-state index in [4.69, 9.17) is 9.16 Å². The Balaban J connectivity index is 1.47. The first-order valence-electron chi connectivity index (χ1n) is 13.2. The van der Waals surface area contributed by atoms with Crippen molar-refractivity contribution >= 4 is 47.3 Å². The molecule has 0 radical (unpaired) electrons. The van der Waals surface area contributed by atoms with E-state index in [2.05, 4.69) is 45.0 Å². The van der Waals surface area contributed by atoms with Gasteiger partial charge in [0.2, 0.25) is 5.91 Å². The number of hydrogen-bond donors (Lipinski definition) is 0. The first-order chi connectivity index (χ1) is 18.7. The van der Waals surface area contributed by atoms with Crippen LogP contribution in [0.25, 0.3) is 10.9 Å². The van der Waals surface area contributed by atoms with Gasteiger partial charge in [0.05, 0.1) is 18.2 Å². The topological polar surface area (TPSA) is 74.6 Å². The van der Waals surface area contributed by atoms with Crippen LogP contribution in [0.15, 0.2) is 91.1 Å². The monoisotopic (exact) mass is 541 g/mol. The summed E-state index contributed by atoms with van der Waals surface area (Å²) in [6, 6.07) is 27.8. The molecule has 7 heteroatoms. The van der Waals surface area contributed by atoms with Crippen molar-refractivity contribution in [3.8, 4) is 0 Å². The number of hydrogen-bond acceptors (Lipinski definition) is 5. The molecule has 0 unspecified atom stereocenters. The van der Waals surface area contributed by atoms with E-state index in [1.54, 1.807) is 24.3 Å². The third-order valence-electron chi connectivity index (χ3n) is 7.12. The number of nitrogens with zero attached hydrogens (tertiary/aromatic N) is 1. The number of fused-ring (bicyclic) bond motifs is 1. The van der Waals surface area contributed by atoms with E-state index >= 15 is 0 Å². The van der Waals surface area contributed by atoms with Crippen molar-refractivity contribution in [2.24, 2.45) is 0 Å². The lowest BCUT2D eigenvalue weighted by atomic mass is 10.1. The molecule has 0 aliphatic rings. The minimum absolute atomic E-state index is 0.0362. The lowest BCUT2D eigenvalue weighted by Gasteiger charge is -2.43. The molecule has 0 aliphatic carbocycles. The van der Waals surface area contributed by atoms with Gasteiger partial charge in [-0.1, -0.05) is 99.6 Å². The van der Waals surface area contributed by atoms with Gasteiger partial charge in [0.25, 0.3) is 8.32 Å². The number of rotatable bonds is 10. The highest BCUT2D eigenvalue weighted by Crippen LogP contribution is 2.36. The molecule has 4 rings (SSSR count). The molecule has 0 spiro atoms. The van der Waals surface area contributed by atoms with Crippen LogP contribution in [-0.2, 0) is 14.0 Å². The summed E-state index contributed by atoms with van der Waals surface area (Å²) in [6.07, 6.45) is 1.85. The summed E-state index contributed by atoms with van der Waals surface area (Å²) < 4.78 is 13.1. The Bertz CT molecular complexity index is 1410. The van der Waals surface area contributed by atoms with Gasteiger partial charge in [-0.05, 0) is 21.5 Å². The molecule has 0 fully saturated rings. The number of ether oxygens (including phenoxy) is 1. The normalized spacial score (nSPS) is 11.9. The number of aromatic nitrogens is 1. The lowest BCUT2D eigenvalue weighted by Crippen LogP contribution is -2.66. The van der Waals surface area contributed by atoms with Crippen molar-refractivity contribution in [2.75, 3.05) is 13.7 Å². The van der Waals surface area contributed by atoms with Gasteiger partial charge in [0.15, 0.2) is 0 Å². The number of benzene rings is 3. The standard InChI is InChI=1S/C32H35NO5Si/c1-32(2,3)39(25-13-7-5-8-14-25,26-15-9-6-10-16-26)38-22-21-24(34)19-20-30(35)33-23-28(31(36)37-4)27-17-11-12-18-29(27)33/h5-18,23H,19-22H2,1-4H3. The molecule has 1 heterocycles. The van der Waals surface area contributed by atoms with Gasteiger partial charge in [-0.3, -0.25) is 14.2 Å². The second kappa shape index (κ2) is 11.9. The Morgan fingerprint density at radius 3 is 1.90 bits per heavy atom. The minimum atomic E-state index is -2.72. The summed E-state index contributed by atoms with van der Waals surface area (Å²) in [6.45, 7) is 6.87. The van der Waals surface area contributed by atoms with E-state index in [0.29, 0.717) is 16.5 Å². The Hall–Kier alpha value is -3.81. The first-order valence-corrected chi connectivity index (χ1v) is 15.1. The zero-order valence-corrected chi connectivity index (χ0v) is 24.0. The molecule has 202 valence electrons. The summed E-state index contributed by atoms with van der Waals surface area (Å²) in [5.41, 5.74) is 0.942. The van der Waals surface area contributed by atoms with Crippen LogP contribution in [-0.4, -0.2) is 44.3 Å². The second-order valence-corrected chi connectivity index (χ2v) is 14.9. The summed E-state index contributed by atoms with van der Waals surface area (Å²) in [4.78, 5) is 38.2. The third kappa shape index (κ3) is 5.79. The van der Waals surface area contributed by atoms with Gasteiger partial charge < -0.3 is 9.16 Å². The zero-order valence-electron chi connectivity index (χ0n) is 23.0. The van der Waals surface area contributed by atoms with Crippen LogP contribution in [0, 0.1) is 0 Å². The lowest BCUT2D eigenvalue weighted by molar-refractivity contribution is -0.119. The van der Waals surface area contributed by atoms with Crippen molar-refractivity contribution in [1.82, 2.24) is 4.57 Å². The van der Waals surface area contributed by atoms with Gasteiger partial charge in [0.1, 0.15) is 5.78 Å². The molecule has 0 aliphatic heterocycles. The fraction of sp³-hybridized carbons (Fsp3) is 0.281. The van der Waals surface area contributed by atoms with Crippen molar-refractivity contribution in [2.45, 2.75) is 45.1 Å². The maximum Gasteiger partial charge on any atom is 0.340 e. The number of ketones is 1. The van der Waals surface area contributed by atoms with Crippen molar-refractivity contribution in [3.05, 3.63) is 96.7 Å². The summed E-state index contributed by atoms with van der Waals surface area (Å²) in [5.74, 6) is -0.789. The second-order valence-electron chi connectivity index (χ2n) is 10.6. The number of esters is 1. The quantitative estimate of drug-likeness (QED) is 0.199. The summed E-state index contributed by atoms with van der Waals surface area (Å²) >= 11 is 0. The fourth-order valence-electron chi connectivity index (χ4n) is 5.23. The van der Waals surface area contributed by atoms with E-state index in [0.717, 1.165) is 10.4 Å². The van der Waals surface area contributed by atoms with Crippen molar-refractivity contribution < 1.29 is 23.5 Å². The third-order valence-corrected chi connectivity index (χ3v) is 12.2. The number of Topliss-reactive ketones (excluding diaryl/α,β-unsaturated/α-hetero) is 1. The predicted molar refractivity (Wildman–Crippen MR) is 156 cm³/mol. The molecule has 0 N–H and O–H groups in total. The molecule has 0 saturated carbocycles. The van der Waals surface area contributed by atoms with E-state index < -0.39 is 14.3 Å². The highest BCUT2D eigenvalue weighted by molar-refractivity contribution is 6.99. The molecular weight excluding hydrogens is 506 g/mol. The van der Waals surface area contributed by atoms with Gasteiger partial charge in [-0.2, -0.15) is 0 Å². The molecule has 0 atom stereocenters. The van der Waals surface area contributed by atoms with Crippen LogP contribution in [0.2, 0.25) is 5.04 Å². The molecule has 1 aromatic heterocycles. The maximum atomic E-state index is 13.1. The van der Waals surface area contributed by atoms with Crippen LogP contribution in [0.1, 0.15) is 55.2 Å². The molecule has 4 aromatic rings.